The van der Waals surface area contributed by atoms with Crippen LogP contribution in [-0.4, -0.2) is 47.3 Å². The Morgan fingerprint density at radius 2 is 2.00 bits per heavy atom. The summed E-state index contributed by atoms with van der Waals surface area (Å²) in [6, 6.07) is 4.98. The number of fused-ring (bicyclic) bond motifs is 1. The number of nitrogens with zero attached hydrogens (tertiary/aromatic N) is 1. The molecule has 2 aliphatic heterocycles. The quantitative estimate of drug-likeness (QED) is 0.806. The van der Waals surface area contributed by atoms with Gasteiger partial charge in [0.05, 0.1) is 12.5 Å². The lowest BCUT2D eigenvalue weighted by Gasteiger charge is -2.32. The Bertz CT molecular complexity index is 704. The minimum Gasteiger partial charge on any atom is -0.367 e. The van der Waals surface area contributed by atoms with E-state index in [0.29, 0.717) is 16.5 Å². The summed E-state index contributed by atoms with van der Waals surface area (Å²) in [7, 11) is 0. The summed E-state index contributed by atoms with van der Waals surface area (Å²) in [5.74, 6) is -1.75. The highest BCUT2D eigenvalue weighted by atomic mass is 35.5. The first-order chi connectivity index (χ1) is 11.4. The number of benzene rings is 1. The van der Waals surface area contributed by atoms with E-state index < -0.39 is 29.2 Å². The lowest BCUT2D eigenvalue weighted by Crippen LogP contribution is -2.63. The van der Waals surface area contributed by atoms with Gasteiger partial charge in [0, 0.05) is 16.6 Å². The molecule has 2 N–H and O–H groups in total. The van der Waals surface area contributed by atoms with Gasteiger partial charge in [-0.15, -0.1) is 0 Å². The monoisotopic (exact) mass is 369 g/mol. The molecule has 2 heterocycles. The second-order valence-electron chi connectivity index (χ2n) is 5.82. The van der Waals surface area contributed by atoms with Crippen molar-refractivity contribution >= 4 is 40.8 Å². The fourth-order valence-electron chi connectivity index (χ4n) is 3.38. The van der Waals surface area contributed by atoms with Crippen LogP contribution in [0.5, 0.6) is 0 Å². The van der Waals surface area contributed by atoms with Crippen molar-refractivity contribution in [2.45, 2.75) is 24.5 Å². The maximum absolute atomic E-state index is 12.6. The summed E-state index contributed by atoms with van der Waals surface area (Å²) in [6.07, 6.45) is 1.39. The van der Waals surface area contributed by atoms with Crippen LogP contribution in [-0.2, 0) is 25.5 Å². The molecule has 2 fully saturated rings. The Hall–Kier alpha value is -1.63. The predicted octanol–water partition coefficient (Wildman–Crippen LogP) is 1.16. The van der Waals surface area contributed by atoms with Gasteiger partial charge in [-0.2, -0.15) is 0 Å². The number of likely N-dealkylation sites (tertiary alicyclic amines) is 1. The van der Waals surface area contributed by atoms with Gasteiger partial charge < -0.3 is 15.4 Å². The smallest absolute Gasteiger partial charge is 0.254 e. The van der Waals surface area contributed by atoms with E-state index in [0.717, 1.165) is 5.56 Å². The summed E-state index contributed by atoms with van der Waals surface area (Å²) >= 11 is 11.9. The van der Waals surface area contributed by atoms with E-state index in [4.69, 9.17) is 33.7 Å². The molecule has 2 atom stereocenters. The number of amides is 2. The van der Waals surface area contributed by atoms with E-state index in [1.54, 1.807) is 18.2 Å². The van der Waals surface area contributed by atoms with Crippen LogP contribution in [0.3, 0.4) is 0 Å². The van der Waals surface area contributed by atoms with Crippen molar-refractivity contribution in [3.63, 3.8) is 0 Å². The van der Waals surface area contributed by atoms with Crippen molar-refractivity contribution in [2.24, 2.45) is 5.73 Å². The van der Waals surface area contributed by atoms with Gasteiger partial charge in [0.2, 0.25) is 11.4 Å². The minimum absolute atomic E-state index is 0.207. The second kappa shape index (κ2) is 6.35. The largest absolute Gasteiger partial charge is 0.367 e. The number of halogens is 2. The molecule has 0 saturated carbocycles. The molecule has 127 valence electrons. The van der Waals surface area contributed by atoms with Crippen LogP contribution in [0, 0.1) is 6.42 Å². The van der Waals surface area contributed by atoms with E-state index in [9.17, 15) is 14.4 Å². The Balaban J connectivity index is 1.77. The molecule has 2 amide bonds. The molecular formula is C16H15Cl2N2O4. The number of ether oxygens (including phenoxy) is 1. The molecule has 8 heteroatoms. The number of rotatable bonds is 4. The molecule has 3 rings (SSSR count). The Labute approximate surface area is 148 Å². The zero-order valence-corrected chi connectivity index (χ0v) is 14.1. The third-order valence-corrected chi connectivity index (χ3v) is 4.86. The number of nitrogens with two attached hydrogens (primary N) is 1. The molecule has 2 aliphatic rings. The van der Waals surface area contributed by atoms with Crippen LogP contribution < -0.4 is 5.73 Å². The first kappa shape index (κ1) is 17.2. The highest BCUT2D eigenvalue weighted by Crippen LogP contribution is 2.38. The maximum Gasteiger partial charge on any atom is 0.254 e. The van der Waals surface area contributed by atoms with Crippen molar-refractivity contribution in [1.29, 1.82) is 0 Å². The maximum atomic E-state index is 12.6. The van der Waals surface area contributed by atoms with Gasteiger partial charge in [0.25, 0.3) is 5.91 Å². The van der Waals surface area contributed by atoms with Crippen LogP contribution in [0.4, 0.5) is 0 Å². The number of carbonyl (C=O) groups excluding carboxylic acids is 3. The number of hydrogen-bond acceptors (Lipinski definition) is 4. The third-order valence-electron chi connectivity index (χ3n) is 4.42. The average Bonchev–Trinajstić information content (AvgIpc) is 3.03. The second-order valence-corrected chi connectivity index (χ2v) is 6.69. The number of hydrogen-bond donors (Lipinski definition) is 1. The molecule has 0 spiro atoms. The highest BCUT2D eigenvalue weighted by Gasteiger charge is 2.64. The van der Waals surface area contributed by atoms with Gasteiger partial charge in [-0.05, 0) is 36.6 Å². The summed E-state index contributed by atoms with van der Waals surface area (Å²) < 4.78 is 5.34. The van der Waals surface area contributed by atoms with E-state index in [-0.39, 0.29) is 19.6 Å². The first-order valence-electron chi connectivity index (χ1n) is 7.40. The molecule has 0 bridgehead atoms. The number of Topliss-reactive ketones (excluding diaryl/α,β-unsaturated/α-hetero) is 1. The summed E-state index contributed by atoms with van der Waals surface area (Å²) in [5, 5.41) is 0.931. The Morgan fingerprint density at radius 3 is 2.62 bits per heavy atom. The Morgan fingerprint density at radius 1 is 1.33 bits per heavy atom. The van der Waals surface area contributed by atoms with Gasteiger partial charge in [0.1, 0.15) is 6.61 Å². The van der Waals surface area contributed by atoms with Crippen LogP contribution >= 0.6 is 23.2 Å². The molecule has 24 heavy (non-hydrogen) atoms. The zero-order chi connectivity index (χ0) is 17.5. The van der Waals surface area contributed by atoms with Crippen molar-refractivity contribution < 1.29 is 19.1 Å². The molecule has 0 aromatic heterocycles. The summed E-state index contributed by atoms with van der Waals surface area (Å²) in [6.45, 7) is 0.0340. The van der Waals surface area contributed by atoms with Gasteiger partial charge in [-0.3, -0.25) is 14.4 Å². The van der Waals surface area contributed by atoms with E-state index in [2.05, 4.69) is 0 Å². The lowest BCUT2D eigenvalue weighted by molar-refractivity contribution is -0.148. The molecule has 2 unspecified atom stereocenters. The van der Waals surface area contributed by atoms with Gasteiger partial charge in [-0.25, -0.2) is 0 Å². The molecular weight excluding hydrogens is 355 g/mol. The fraction of sp³-hybridized carbons (Fsp3) is 0.375. The predicted molar refractivity (Wildman–Crippen MR) is 87.5 cm³/mol. The van der Waals surface area contributed by atoms with Crippen molar-refractivity contribution in [1.82, 2.24) is 4.90 Å². The van der Waals surface area contributed by atoms with E-state index in [1.807, 2.05) is 0 Å². The zero-order valence-electron chi connectivity index (χ0n) is 12.6. The lowest BCUT2D eigenvalue weighted by atomic mass is 9.89. The minimum atomic E-state index is -1.68. The Kier molecular flexibility index (Phi) is 4.55. The van der Waals surface area contributed by atoms with Crippen LogP contribution in [0.15, 0.2) is 18.2 Å². The standard InChI is InChI=1S/C16H15Cl2N2O4/c17-10-5-9(6-11(18)7-10)1-2-14(22)20-4-3-13-16(20,15(19)23)12(21)8-24-13/h2,5-7,13H,1,3-4,8H2,(H2,19,23). The molecule has 1 aromatic rings. The summed E-state index contributed by atoms with van der Waals surface area (Å²) in [5.41, 5.74) is 4.52. The fourth-order valence-corrected chi connectivity index (χ4v) is 3.95. The molecule has 1 radical (unpaired) electrons. The van der Waals surface area contributed by atoms with Crippen molar-refractivity contribution in [3.05, 3.63) is 40.2 Å². The van der Waals surface area contributed by atoms with Crippen molar-refractivity contribution in [3.8, 4) is 0 Å². The van der Waals surface area contributed by atoms with E-state index in [1.165, 1.54) is 11.3 Å². The van der Waals surface area contributed by atoms with Crippen LogP contribution in [0.1, 0.15) is 12.0 Å². The molecule has 0 aliphatic carbocycles. The van der Waals surface area contributed by atoms with Gasteiger partial charge >= 0.3 is 0 Å². The number of carbonyl (C=O) groups is 3. The first-order valence-corrected chi connectivity index (χ1v) is 8.16. The van der Waals surface area contributed by atoms with Gasteiger partial charge in [0.15, 0.2) is 5.78 Å². The highest BCUT2D eigenvalue weighted by molar-refractivity contribution is 6.34. The van der Waals surface area contributed by atoms with Crippen molar-refractivity contribution in [2.75, 3.05) is 13.2 Å². The number of ketones is 1. The van der Waals surface area contributed by atoms with E-state index >= 15 is 0 Å². The molecule has 1 aromatic carbocycles. The van der Waals surface area contributed by atoms with Crippen LogP contribution in [0.25, 0.3) is 0 Å². The number of primary amides is 1. The average molecular weight is 370 g/mol. The molecule has 2 saturated heterocycles. The summed E-state index contributed by atoms with van der Waals surface area (Å²) in [4.78, 5) is 38.0. The normalized spacial score (nSPS) is 25.8. The topological polar surface area (TPSA) is 89.7 Å². The van der Waals surface area contributed by atoms with Crippen LogP contribution in [0.2, 0.25) is 10.0 Å². The van der Waals surface area contributed by atoms with Gasteiger partial charge in [-0.1, -0.05) is 23.2 Å². The SMILES string of the molecule is NC(=O)C12C(=O)COC1CCN2C(=O)[CH]Cc1cc(Cl)cc(Cl)c1. The third kappa shape index (κ3) is 2.68. The molecule has 6 nitrogen and oxygen atoms in total.